The Labute approximate surface area is 134 Å². The van der Waals surface area contributed by atoms with Gasteiger partial charge >= 0.3 is 17.9 Å². The van der Waals surface area contributed by atoms with Crippen LogP contribution < -0.4 is 0 Å². The minimum absolute atomic E-state index is 0.0653. The van der Waals surface area contributed by atoms with Gasteiger partial charge in [0, 0.05) is 0 Å². The summed E-state index contributed by atoms with van der Waals surface area (Å²) in [5.74, 6) is -3.17. The number of cyclic esters (lactones) is 1. The Morgan fingerprint density at radius 2 is 1.57 bits per heavy atom. The van der Waals surface area contributed by atoms with Gasteiger partial charge in [0.05, 0.1) is 27.4 Å². The number of allylic oxidation sites excluding steroid dienone is 1. The summed E-state index contributed by atoms with van der Waals surface area (Å²) in [6.45, 7) is 3.54. The predicted octanol–water partition coefficient (Wildman–Crippen LogP) is 1.06. The molecule has 0 N–H and O–H groups in total. The van der Waals surface area contributed by atoms with Crippen LogP contribution in [-0.2, 0) is 38.1 Å². The Bertz CT molecular complexity index is 514. The number of methoxy groups -OCH3 is 2. The lowest BCUT2D eigenvalue weighted by molar-refractivity contribution is -0.161. The molecule has 23 heavy (non-hydrogen) atoms. The van der Waals surface area contributed by atoms with Crippen LogP contribution in [0.15, 0.2) is 23.4 Å². The van der Waals surface area contributed by atoms with Gasteiger partial charge in [-0.05, 0) is 26.3 Å². The lowest BCUT2D eigenvalue weighted by Crippen LogP contribution is -2.27. The first-order valence-electron chi connectivity index (χ1n) is 7.08. The zero-order valence-electron chi connectivity index (χ0n) is 13.5. The average Bonchev–Trinajstić information content (AvgIpc) is 2.82. The fourth-order valence-electron chi connectivity index (χ4n) is 1.90. The Morgan fingerprint density at radius 1 is 1.04 bits per heavy atom. The van der Waals surface area contributed by atoms with Crippen molar-refractivity contribution in [3.8, 4) is 0 Å². The van der Waals surface area contributed by atoms with Crippen LogP contribution in [0.1, 0.15) is 20.3 Å². The predicted molar refractivity (Wildman–Crippen MR) is 76.6 cm³/mol. The summed E-state index contributed by atoms with van der Waals surface area (Å²) in [5.41, 5.74) is 0. The second kappa shape index (κ2) is 8.82. The maximum Gasteiger partial charge on any atom is 0.383 e. The Morgan fingerprint density at radius 3 is 2.00 bits per heavy atom. The molecule has 8 nitrogen and oxygen atoms in total. The topological polar surface area (TPSA) is 97.4 Å². The molecule has 0 atom stereocenters. The minimum atomic E-state index is -1.15. The molecular formula is C15H20O8. The molecule has 0 spiro atoms. The van der Waals surface area contributed by atoms with Gasteiger partial charge in [-0.1, -0.05) is 0 Å². The van der Waals surface area contributed by atoms with Gasteiger partial charge in [-0.15, -0.1) is 0 Å². The molecule has 0 radical (unpaired) electrons. The van der Waals surface area contributed by atoms with Gasteiger partial charge in [0.15, 0.2) is 11.7 Å². The first-order valence-corrected chi connectivity index (χ1v) is 7.08. The molecule has 0 aromatic heterocycles. The normalized spacial score (nSPS) is 15.7. The molecule has 0 saturated heterocycles. The smallest absolute Gasteiger partial charge is 0.383 e. The second-order valence-corrected chi connectivity index (χ2v) is 4.32. The molecule has 0 fully saturated rings. The van der Waals surface area contributed by atoms with Gasteiger partial charge in [-0.25, -0.2) is 4.79 Å². The van der Waals surface area contributed by atoms with Crippen molar-refractivity contribution in [3.05, 3.63) is 23.4 Å². The number of ether oxygens (including phenoxy) is 5. The van der Waals surface area contributed by atoms with Crippen LogP contribution in [0.3, 0.4) is 0 Å². The number of hydrogen-bond donors (Lipinski definition) is 0. The molecule has 0 aliphatic carbocycles. The van der Waals surface area contributed by atoms with Gasteiger partial charge in [0.2, 0.25) is 5.76 Å². The van der Waals surface area contributed by atoms with E-state index < -0.39 is 23.8 Å². The number of rotatable bonds is 8. The molecule has 1 aliphatic heterocycles. The summed E-state index contributed by atoms with van der Waals surface area (Å²) in [7, 11) is 2.65. The molecule has 0 bridgehead atoms. The quantitative estimate of drug-likeness (QED) is 0.371. The highest BCUT2D eigenvalue weighted by molar-refractivity contribution is 5.95. The summed E-state index contributed by atoms with van der Waals surface area (Å²) >= 11 is 0. The second-order valence-electron chi connectivity index (χ2n) is 4.32. The summed E-state index contributed by atoms with van der Waals surface area (Å²) < 4.78 is 24.7. The molecule has 8 heteroatoms. The number of esters is 3. The molecule has 0 aromatic rings. The highest BCUT2D eigenvalue weighted by atomic mass is 16.6. The minimum Gasteiger partial charge on any atom is -0.490 e. The van der Waals surface area contributed by atoms with Crippen molar-refractivity contribution in [2.45, 2.75) is 20.3 Å². The van der Waals surface area contributed by atoms with Crippen molar-refractivity contribution < 1.29 is 38.1 Å². The lowest BCUT2D eigenvalue weighted by atomic mass is 10.1. The summed E-state index contributed by atoms with van der Waals surface area (Å²) in [6.07, 6.45) is 1.32. The van der Waals surface area contributed by atoms with Crippen LogP contribution in [0.4, 0.5) is 0 Å². The van der Waals surface area contributed by atoms with Gasteiger partial charge in [-0.2, -0.15) is 0 Å². The molecule has 1 aliphatic rings. The zero-order valence-corrected chi connectivity index (χ0v) is 13.5. The molecule has 0 amide bonds. The first-order chi connectivity index (χ1) is 11.0. The van der Waals surface area contributed by atoms with E-state index in [9.17, 15) is 14.4 Å². The molecule has 0 aromatic carbocycles. The van der Waals surface area contributed by atoms with E-state index in [1.807, 2.05) is 0 Å². The summed E-state index contributed by atoms with van der Waals surface area (Å²) in [5, 5.41) is 0. The average molecular weight is 328 g/mol. The number of carbonyl (C=O) groups is 3. The summed E-state index contributed by atoms with van der Waals surface area (Å²) in [4.78, 5) is 35.3. The maximum absolute atomic E-state index is 11.9. The number of hydrogen-bond acceptors (Lipinski definition) is 8. The molecule has 1 heterocycles. The van der Waals surface area contributed by atoms with E-state index in [0.29, 0.717) is 0 Å². The Balaban J connectivity index is 2.96. The van der Waals surface area contributed by atoms with Gasteiger partial charge in [0.25, 0.3) is 5.76 Å². The fraction of sp³-hybridized carbons (Fsp3) is 0.533. The molecule has 0 unspecified atom stereocenters. The van der Waals surface area contributed by atoms with Crippen molar-refractivity contribution in [3.63, 3.8) is 0 Å². The van der Waals surface area contributed by atoms with Crippen LogP contribution in [0.2, 0.25) is 0 Å². The standard InChI is InChI=1S/C15H20O8/c1-5-21-13(16)9(14(17)22-6-2)7-8-10-11(19-3)12(20-4)15(18)23-10/h8-9H,5-7H2,1-4H3/b10-8+. The van der Waals surface area contributed by atoms with E-state index in [4.69, 9.17) is 23.7 Å². The first kappa shape index (κ1) is 18.5. The van der Waals surface area contributed by atoms with Crippen LogP contribution in [0.5, 0.6) is 0 Å². The largest absolute Gasteiger partial charge is 0.490 e. The van der Waals surface area contributed by atoms with E-state index >= 15 is 0 Å². The van der Waals surface area contributed by atoms with Crippen molar-refractivity contribution in [2.75, 3.05) is 27.4 Å². The van der Waals surface area contributed by atoms with Gasteiger partial charge in [0.1, 0.15) is 0 Å². The highest BCUT2D eigenvalue weighted by Gasteiger charge is 2.34. The fourth-order valence-corrected chi connectivity index (χ4v) is 1.90. The van der Waals surface area contributed by atoms with Crippen LogP contribution in [0.25, 0.3) is 0 Å². The number of carbonyl (C=O) groups excluding carboxylic acids is 3. The van der Waals surface area contributed by atoms with Crippen molar-refractivity contribution in [1.29, 1.82) is 0 Å². The monoisotopic (exact) mass is 328 g/mol. The van der Waals surface area contributed by atoms with E-state index in [1.54, 1.807) is 13.8 Å². The van der Waals surface area contributed by atoms with E-state index in [0.717, 1.165) is 0 Å². The third-order valence-electron chi connectivity index (χ3n) is 2.91. The van der Waals surface area contributed by atoms with Crippen molar-refractivity contribution >= 4 is 17.9 Å². The van der Waals surface area contributed by atoms with Crippen molar-refractivity contribution in [2.24, 2.45) is 5.92 Å². The van der Waals surface area contributed by atoms with Gasteiger partial charge < -0.3 is 23.7 Å². The Kier molecular flexibility index (Phi) is 7.11. The highest BCUT2D eigenvalue weighted by Crippen LogP contribution is 2.28. The van der Waals surface area contributed by atoms with E-state index in [2.05, 4.69) is 0 Å². The van der Waals surface area contributed by atoms with Crippen molar-refractivity contribution in [1.82, 2.24) is 0 Å². The van der Waals surface area contributed by atoms with E-state index in [1.165, 1.54) is 20.3 Å². The maximum atomic E-state index is 11.9. The molecule has 128 valence electrons. The van der Waals surface area contributed by atoms with Crippen LogP contribution >= 0.6 is 0 Å². The zero-order chi connectivity index (χ0) is 17.4. The molecular weight excluding hydrogens is 308 g/mol. The van der Waals surface area contributed by atoms with Gasteiger partial charge in [-0.3, -0.25) is 9.59 Å². The molecule has 1 rings (SSSR count). The van der Waals surface area contributed by atoms with E-state index in [-0.39, 0.29) is 36.9 Å². The third kappa shape index (κ3) is 4.48. The Hall–Kier alpha value is -2.51. The third-order valence-corrected chi connectivity index (χ3v) is 2.91. The van der Waals surface area contributed by atoms with Crippen LogP contribution in [-0.4, -0.2) is 45.3 Å². The molecule has 0 saturated carbocycles. The summed E-state index contributed by atoms with van der Waals surface area (Å²) in [6, 6.07) is 0. The van der Waals surface area contributed by atoms with Crippen LogP contribution in [0, 0.1) is 5.92 Å². The SMILES string of the molecule is CCOC(=O)C(C/C=C1/OC(=O)C(OC)=C1OC)C(=O)OCC. The lowest BCUT2D eigenvalue weighted by Gasteiger charge is -2.12.